The van der Waals surface area contributed by atoms with Crippen LogP contribution in [0.1, 0.15) is 33.4 Å². The Labute approximate surface area is 161 Å². The average molecular weight is 399 g/mol. The number of nitrogens with one attached hydrogen (secondary N) is 2. The second-order valence-electron chi connectivity index (χ2n) is 6.05. The van der Waals surface area contributed by atoms with Gasteiger partial charge in [0.1, 0.15) is 5.76 Å². The van der Waals surface area contributed by atoms with Crippen molar-refractivity contribution in [2.75, 3.05) is 10.0 Å². The number of nitrogens with zero attached hydrogens (tertiary/aromatic N) is 1. The summed E-state index contributed by atoms with van der Waals surface area (Å²) in [4.78, 5) is 23.7. The highest BCUT2D eigenvalue weighted by Crippen LogP contribution is 2.19. The van der Waals surface area contributed by atoms with E-state index in [1.165, 1.54) is 43.3 Å². The lowest BCUT2D eigenvalue weighted by Crippen LogP contribution is -2.16. The molecule has 9 heteroatoms. The maximum Gasteiger partial charge on any atom is 0.261 e. The van der Waals surface area contributed by atoms with Crippen molar-refractivity contribution in [3.05, 3.63) is 71.5 Å². The summed E-state index contributed by atoms with van der Waals surface area (Å²) in [5.41, 5.74) is 0.776. The fourth-order valence-corrected chi connectivity index (χ4v) is 3.53. The molecular weight excluding hydrogens is 382 g/mol. The van der Waals surface area contributed by atoms with Gasteiger partial charge in [0, 0.05) is 22.9 Å². The smallest absolute Gasteiger partial charge is 0.261 e. The molecule has 2 N–H and O–H groups in total. The number of ketones is 1. The van der Waals surface area contributed by atoms with Gasteiger partial charge in [0.05, 0.1) is 4.90 Å². The van der Waals surface area contributed by atoms with Gasteiger partial charge >= 0.3 is 0 Å². The first kappa shape index (κ1) is 19.3. The lowest BCUT2D eigenvalue weighted by atomic mass is 10.1. The summed E-state index contributed by atoms with van der Waals surface area (Å²) in [5.74, 6) is 0.0605. The minimum Gasteiger partial charge on any atom is -0.360 e. The van der Waals surface area contributed by atoms with Gasteiger partial charge in [-0.2, -0.15) is 0 Å². The van der Waals surface area contributed by atoms with Crippen LogP contribution in [0.15, 0.2) is 64.0 Å². The highest BCUT2D eigenvalue weighted by molar-refractivity contribution is 7.92. The molecule has 3 rings (SSSR count). The van der Waals surface area contributed by atoms with Gasteiger partial charge in [-0.25, -0.2) is 8.42 Å². The number of hydrogen-bond donors (Lipinski definition) is 2. The van der Waals surface area contributed by atoms with E-state index in [9.17, 15) is 18.0 Å². The third kappa shape index (κ3) is 4.44. The summed E-state index contributed by atoms with van der Waals surface area (Å²) < 4.78 is 32.6. The predicted octanol–water partition coefficient (Wildman–Crippen LogP) is 3.24. The number of amides is 1. The van der Waals surface area contributed by atoms with Gasteiger partial charge in [0.15, 0.2) is 11.6 Å². The van der Waals surface area contributed by atoms with Crippen molar-refractivity contribution in [1.29, 1.82) is 0 Å². The molecule has 0 aliphatic carbocycles. The summed E-state index contributed by atoms with van der Waals surface area (Å²) in [5, 5.41) is 6.20. The summed E-state index contributed by atoms with van der Waals surface area (Å²) in [6.07, 6.45) is 0. The summed E-state index contributed by atoms with van der Waals surface area (Å²) in [7, 11) is -3.96. The minimum atomic E-state index is -3.96. The molecule has 8 nitrogen and oxygen atoms in total. The molecule has 0 atom stereocenters. The molecule has 1 amide bonds. The molecule has 0 unspecified atom stereocenters. The van der Waals surface area contributed by atoms with Gasteiger partial charge in [-0.1, -0.05) is 23.4 Å². The number of Topliss-reactive ketones (excluding diaryl/α,β-unsaturated/α-hetero) is 1. The zero-order valence-electron chi connectivity index (χ0n) is 15.1. The van der Waals surface area contributed by atoms with Gasteiger partial charge in [0.25, 0.3) is 15.9 Å². The van der Waals surface area contributed by atoms with Crippen LogP contribution in [0.5, 0.6) is 0 Å². The van der Waals surface area contributed by atoms with E-state index in [1.54, 1.807) is 25.1 Å². The van der Waals surface area contributed by atoms with E-state index >= 15 is 0 Å². The van der Waals surface area contributed by atoms with Crippen LogP contribution in [0.4, 0.5) is 11.5 Å². The highest BCUT2D eigenvalue weighted by atomic mass is 32.2. The van der Waals surface area contributed by atoms with Crippen molar-refractivity contribution in [2.45, 2.75) is 18.7 Å². The Balaban J connectivity index is 1.82. The molecule has 0 fully saturated rings. The number of anilines is 2. The predicted molar refractivity (Wildman–Crippen MR) is 103 cm³/mol. The largest absolute Gasteiger partial charge is 0.360 e. The van der Waals surface area contributed by atoms with Gasteiger partial charge in [-0.15, -0.1) is 0 Å². The van der Waals surface area contributed by atoms with E-state index in [2.05, 4.69) is 15.2 Å². The normalized spacial score (nSPS) is 11.1. The fourth-order valence-electron chi connectivity index (χ4n) is 2.43. The van der Waals surface area contributed by atoms with Crippen LogP contribution in [-0.4, -0.2) is 25.3 Å². The van der Waals surface area contributed by atoms with E-state index in [0.29, 0.717) is 11.3 Å². The topological polar surface area (TPSA) is 118 Å². The number of hydrogen-bond acceptors (Lipinski definition) is 6. The van der Waals surface area contributed by atoms with Crippen LogP contribution in [0.2, 0.25) is 0 Å². The first-order chi connectivity index (χ1) is 13.2. The Kier molecular flexibility index (Phi) is 5.27. The quantitative estimate of drug-likeness (QED) is 0.614. The maximum absolute atomic E-state index is 12.7. The Hall–Kier alpha value is -3.46. The molecule has 0 bridgehead atoms. The molecule has 3 aromatic rings. The van der Waals surface area contributed by atoms with Gasteiger partial charge in [-0.3, -0.25) is 14.3 Å². The second kappa shape index (κ2) is 7.65. The van der Waals surface area contributed by atoms with Gasteiger partial charge < -0.3 is 9.84 Å². The van der Waals surface area contributed by atoms with Crippen LogP contribution >= 0.6 is 0 Å². The van der Waals surface area contributed by atoms with Gasteiger partial charge in [-0.05, 0) is 44.2 Å². The fraction of sp³-hybridized carbons (Fsp3) is 0.105. The van der Waals surface area contributed by atoms with Crippen molar-refractivity contribution in [2.24, 2.45) is 0 Å². The van der Waals surface area contributed by atoms with E-state index in [4.69, 9.17) is 4.52 Å². The zero-order valence-corrected chi connectivity index (χ0v) is 15.9. The third-order valence-electron chi connectivity index (χ3n) is 3.80. The minimum absolute atomic E-state index is 0.0929. The molecule has 1 heterocycles. The second-order valence-corrected chi connectivity index (χ2v) is 7.73. The van der Waals surface area contributed by atoms with Crippen LogP contribution < -0.4 is 10.0 Å². The van der Waals surface area contributed by atoms with Crippen LogP contribution in [0, 0.1) is 6.92 Å². The summed E-state index contributed by atoms with van der Waals surface area (Å²) in [6, 6.07) is 13.3. The number of benzene rings is 2. The van der Waals surface area contributed by atoms with E-state index in [-0.39, 0.29) is 27.7 Å². The summed E-state index contributed by atoms with van der Waals surface area (Å²) >= 11 is 0. The van der Waals surface area contributed by atoms with E-state index in [0.717, 1.165) is 0 Å². The Morgan fingerprint density at radius 3 is 2.39 bits per heavy atom. The molecular formula is C19H17N3O5S. The molecule has 0 spiro atoms. The molecule has 1 aromatic heterocycles. The standard InChI is InChI=1S/C19H17N3O5S/c1-12-9-18(21-27-12)20-19(24)15-6-4-8-17(11-15)28(25,26)22-16-7-3-5-14(10-16)13(2)23/h3-11,22H,1-2H3,(H,20,21,24). The molecule has 0 radical (unpaired) electrons. The average Bonchev–Trinajstić information content (AvgIpc) is 3.06. The van der Waals surface area contributed by atoms with Crippen molar-refractivity contribution in [3.63, 3.8) is 0 Å². The lowest BCUT2D eigenvalue weighted by Gasteiger charge is -2.10. The van der Waals surface area contributed by atoms with Crippen LogP contribution in [-0.2, 0) is 10.0 Å². The van der Waals surface area contributed by atoms with E-state index in [1.807, 2.05) is 0 Å². The lowest BCUT2D eigenvalue weighted by molar-refractivity contribution is 0.101. The molecule has 0 saturated heterocycles. The number of aromatic nitrogens is 1. The Morgan fingerprint density at radius 2 is 1.71 bits per heavy atom. The van der Waals surface area contributed by atoms with Gasteiger partial charge in [0.2, 0.25) is 0 Å². The van der Waals surface area contributed by atoms with Crippen LogP contribution in [0.3, 0.4) is 0 Å². The maximum atomic E-state index is 12.7. The molecule has 0 aliphatic rings. The molecule has 144 valence electrons. The SMILES string of the molecule is CC(=O)c1cccc(NS(=O)(=O)c2cccc(C(=O)Nc3cc(C)on3)c2)c1. The zero-order chi connectivity index (χ0) is 20.3. The van der Waals surface area contributed by atoms with E-state index < -0.39 is 15.9 Å². The molecule has 0 aliphatic heterocycles. The monoisotopic (exact) mass is 399 g/mol. The molecule has 28 heavy (non-hydrogen) atoms. The summed E-state index contributed by atoms with van der Waals surface area (Å²) in [6.45, 7) is 3.08. The van der Waals surface area contributed by atoms with Crippen molar-refractivity contribution in [1.82, 2.24) is 5.16 Å². The number of rotatable bonds is 6. The van der Waals surface area contributed by atoms with Crippen molar-refractivity contribution in [3.8, 4) is 0 Å². The first-order valence-corrected chi connectivity index (χ1v) is 9.71. The Bertz CT molecular complexity index is 1150. The van der Waals surface area contributed by atoms with Crippen molar-refractivity contribution >= 4 is 33.2 Å². The third-order valence-corrected chi connectivity index (χ3v) is 5.18. The number of sulfonamides is 1. The molecule has 2 aromatic carbocycles. The van der Waals surface area contributed by atoms with Crippen LogP contribution in [0.25, 0.3) is 0 Å². The first-order valence-electron chi connectivity index (χ1n) is 8.23. The molecule has 0 saturated carbocycles. The Morgan fingerprint density at radius 1 is 1.00 bits per heavy atom. The number of carbonyl (C=O) groups is 2. The van der Waals surface area contributed by atoms with Crippen molar-refractivity contribution < 1.29 is 22.5 Å². The number of carbonyl (C=O) groups excluding carboxylic acids is 2. The number of aryl methyl sites for hydroxylation is 1. The highest BCUT2D eigenvalue weighted by Gasteiger charge is 2.17.